The molecule has 2 unspecified atom stereocenters. The highest BCUT2D eigenvalue weighted by Crippen LogP contribution is 2.58. The van der Waals surface area contributed by atoms with E-state index >= 15 is 0 Å². The van der Waals surface area contributed by atoms with Gasteiger partial charge in [-0.15, -0.1) is 5.10 Å². The van der Waals surface area contributed by atoms with Crippen molar-refractivity contribution in [2.24, 2.45) is 11.8 Å². The summed E-state index contributed by atoms with van der Waals surface area (Å²) in [5.41, 5.74) is 0.432. The predicted molar refractivity (Wildman–Crippen MR) is 118 cm³/mol. The van der Waals surface area contributed by atoms with Crippen LogP contribution >= 0.6 is 0 Å². The molecule has 0 saturated carbocycles. The molecule has 1 aromatic carbocycles. The van der Waals surface area contributed by atoms with Crippen LogP contribution in [0, 0.1) is 11.8 Å². The van der Waals surface area contributed by atoms with Gasteiger partial charge in [0.1, 0.15) is 23.8 Å². The number of amides is 2. The van der Waals surface area contributed by atoms with Crippen molar-refractivity contribution < 1.29 is 29.0 Å². The first-order valence-corrected chi connectivity index (χ1v) is 11.8. The third kappa shape index (κ3) is 3.45. The van der Waals surface area contributed by atoms with E-state index in [1.165, 1.54) is 4.90 Å². The second kappa shape index (κ2) is 8.95. The van der Waals surface area contributed by atoms with Crippen LogP contribution in [0.3, 0.4) is 0 Å². The molecule has 2 bridgehead atoms. The first kappa shape index (κ1) is 22.7. The zero-order valence-electron chi connectivity index (χ0n) is 19.1. The summed E-state index contributed by atoms with van der Waals surface area (Å²) in [6.07, 6.45) is 1.73. The van der Waals surface area contributed by atoms with E-state index in [4.69, 9.17) is 9.47 Å². The van der Waals surface area contributed by atoms with Crippen molar-refractivity contribution in [1.29, 1.82) is 0 Å². The maximum atomic E-state index is 13.6. The van der Waals surface area contributed by atoms with Gasteiger partial charge in [-0.1, -0.05) is 17.3 Å². The number of nitrogens with zero attached hydrogens (tertiary/aromatic N) is 4. The number of unbranched alkanes of at least 4 members (excludes halogenated alkanes) is 1. The van der Waals surface area contributed by atoms with E-state index < -0.39 is 35.6 Å². The van der Waals surface area contributed by atoms with Crippen molar-refractivity contribution in [2.75, 3.05) is 19.8 Å². The van der Waals surface area contributed by atoms with Gasteiger partial charge >= 0.3 is 5.97 Å². The third-order valence-electron chi connectivity index (χ3n) is 7.24. The zero-order chi connectivity index (χ0) is 23.9. The van der Waals surface area contributed by atoms with Gasteiger partial charge in [-0.3, -0.25) is 14.4 Å². The molecule has 1 spiro atoms. The third-order valence-corrected chi connectivity index (χ3v) is 7.24. The fourth-order valence-corrected chi connectivity index (χ4v) is 5.88. The van der Waals surface area contributed by atoms with Crippen molar-refractivity contribution in [3.05, 3.63) is 24.3 Å². The summed E-state index contributed by atoms with van der Waals surface area (Å²) in [7, 11) is 0. The Morgan fingerprint density at radius 2 is 2.15 bits per heavy atom. The number of carbonyl (C=O) groups excluding carboxylic acids is 3. The fraction of sp³-hybridized carbons (Fsp3) is 0.609. The second-order valence-corrected chi connectivity index (χ2v) is 9.05. The Bertz CT molecular complexity index is 1100. The fourth-order valence-electron chi connectivity index (χ4n) is 5.88. The zero-order valence-corrected chi connectivity index (χ0v) is 19.1. The number of aromatic nitrogens is 3. The van der Waals surface area contributed by atoms with E-state index in [1.54, 1.807) is 11.6 Å². The maximum Gasteiger partial charge on any atom is 0.312 e. The molecule has 2 N–H and O–H groups in total. The van der Waals surface area contributed by atoms with E-state index in [0.29, 0.717) is 37.7 Å². The number of aliphatic hydroxyl groups is 1. The molecular weight excluding hydrogens is 442 g/mol. The van der Waals surface area contributed by atoms with E-state index in [-0.39, 0.29) is 31.7 Å². The maximum absolute atomic E-state index is 13.6. The van der Waals surface area contributed by atoms with Crippen LogP contribution in [-0.2, 0) is 30.5 Å². The topological polar surface area (TPSA) is 136 Å². The van der Waals surface area contributed by atoms with Gasteiger partial charge in [-0.05, 0) is 44.7 Å². The largest absolute Gasteiger partial charge is 0.466 e. The molecule has 3 aliphatic rings. The molecule has 0 radical (unpaired) electrons. The molecular formula is C23H29N5O6. The number of esters is 1. The van der Waals surface area contributed by atoms with Crippen LogP contribution in [0.5, 0.6) is 0 Å². The number of hydrogen-bond acceptors (Lipinski definition) is 8. The minimum atomic E-state index is -1.06. The Hall–Kier alpha value is -3.05. The molecule has 11 heteroatoms. The highest BCUT2D eigenvalue weighted by Gasteiger charge is 2.74. The Balaban J connectivity index is 1.41. The monoisotopic (exact) mass is 471 g/mol. The summed E-state index contributed by atoms with van der Waals surface area (Å²) in [5.74, 6) is -2.52. The smallest absolute Gasteiger partial charge is 0.312 e. The lowest BCUT2D eigenvalue weighted by Gasteiger charge is -2.33. The van der Waals surface area contributed by atoms with Gasteiger partial charge in [0.15, 0.2) is 0 Å². The number of rotatable bonds is 9. The number of ether oxygens (including phenoxy) is 2. The molecule has 34 heavy (non-hydrogen) atoms. The van der Waals surface area contributed by atoms with E-state index in [2.05, 4.69) is 15.6 Å². The Labute approximate surface area is 196 Å². The number of carbonyl (C=O) groups is 3. The van der Waals surface area contributed by atoms with Crippen LogP contribution in [0.2, 0.25) is 0 Å². The first-order chi connectivity index (χ1) is 16.5. The molecule has 3 fully saturated rings. The summed E-state index contributed by atoms with van der Waals surface area (Å²) in [6.45, 7) is 2.32. The summed E-state index contributed by atoms with van der Waals surface area (Å²) >= 11 is 0. The van der Waals surface area contributed by atoms with Crippen molar-refractivity contribution >= 4 is 28.8 Å². The van der Waals surface area contributed by atoms with Gasteiger partial charge in [0.2, 0.25) is 11.8 Å². The molecule has 182 valence electrons. The van der Waals surface area contributed by atoms with E-state index in [0.717, 1.165) is 5.52 Å². The first-order valence-electron chi connectivity index (χ1n) is 11.8. The number of likely N-dealkylation sites (tertiary alicyclic amines) is 1. The summed E-state index contributed by atoms with van der Waals surface area (Å²) in [5, 5.41) is 20.3. The minimum Gasteiger partial charge on any atom is -0.466 e. The average molecular weight is 472 g/mol. The van der Waals surface area contributed by atoms with Crippen LogP contribution in [0.4, 0.5) is 0 Å². The van der Waals surface area contributed by atoms with E-state index in [9.17, 15) is 19.5 Å². The number of hydrogen-bond donors (Lipinski definition) is 2. The highest BCUT2D eigenvalue weighted by atomic mass is 16.6. The predicted octanol–water partition coefficient (Wildman–Crippen LogP) is 0.215. The minimum absolute atomic E-state index is 0.00311. The van der Waals surface area contributed by atoms with Gasteiger partial charge in [0, 0.05) is 13.2 Å². The number of benzene rings is 1. The Morgan fingerprint density at radius 1 is 1.32 bits per heavy atom. The van der Waals surface area contributed by atoms with Crippen LogP contribution in [0.15, 0.2) is 24.3 Å². The number of para-hydroxylation sites is 1. The van der Waals surface area contributed by atoms with Gasteiger partial charge in [0.05, 0.1) is 30.1 Å². The van der Waals surface area contributed by atoms with Crippen molar-refractivity contribution in [1.82, 2.24) is 25.2 Å². The lowest BCUT2D eigenvalue weighted by molar-refractivity contribution is -0.154. The second-order valence-electron chi connectivity index (χ2n) is 9.05. The molecule has 3 aliphatic heterocycles. The number of aliphatic hydroxyl groups excluding tert-OH is 1. The van der Waals surface area contributed by atoms with Gasteiger partial charge in [-0.2, -0.15) is 0 Å². The lowest BCUT2D eigenvalue weighted by atomic mass is 9.71. The SMILES string of the molecule is CCOC(=O)[C@@H]1[C@@H]2CCC3(O2)C(C(=O)NCn2nnc4ccccc42)N(CCCCO)C(=O)[C@H]13. The standard InChI is InChI=1S/C23H29N5O6/c1-2-33-22(32)17-16-9-10-23(34-16)18(17)21(31)27(11-5-6-12-29)19(23)20(30)24-13-28-15-8-4-3-7-14(15)25-26-28/h3-4,7-8,16-19,29H,2,5-6,9-13H2,1H3,(H,24,30)/t16-,17+,18-,19?,23?/m0/s1. The summed E-state index contributed by atoms with van der Waals surface area (Å²) < 4.78 is 13.1. The van der Waals surface area contributed by atoms with Crippen LogP contribution < -0.4 is 5.32 Å². The quantitative estimate of drug-likeness (QED) is 0.392. The highest BCUT2D eigenvalue weighted by molar-refractivity contribution is 5.98. The molecule has 5 rings (SSSR count). The Morgan fingerprint density at radius 3 is 2.94 bits per heavy atom. The molecule has 2 aromatic rings. The molecule has 4 heterocycles. The lowest BCUT2D eigenvalue weighted by Crippen LogP contribution is -2.55. The number of nitrogens with one attached hydrogen (secondary N) is 1. The molecule has 0 aliphatic carbocycles. The van der Waals surface area contributed by atoms with Gasteiger partial charge in [-0.25, -0.2) is 4.68 Å². The molecule has 2 amide bonds. The summed E-state index contributed by atoms with van der Waals surface area (Å²) in [6, 6.07) is 6.56. The van der Waals surface area contributed by atoms with E-state index in [1.807, 2.05) is 24.3 Å². The van der Waals surface area contributed by atoms with Crippen LogP contribution in [0.1, 0.15) is 32.6 Å². The molecule has 5 atom stereocenters. The van der Waals surface area contributed by atoms with Gasteiger partial charge < -0.3 is 24.8 Å². The van der Waals surface area contributed by atoms with Crippen molar-refractivity contribution in [3.63, 3.8) is 0 Å². The summed E-state index contributed by atoms with van der Waals surface area (Å²) in [4.78, 5) is 41.4. The van der Waals surface area contributed by atoms with Crippen molar-refractivity contribution in [2.45, 2.75) is 57.0 Å². The van der Waals surface area contributed by atoms with Crippen molar-refractivity contribution in [3.8, 4) is 0 Å². The van der Waals surface area contributed by atoms with Crippen LogP contribution in [-0.4, -0.2) is 80.3 Å². The Kier molecular flexibility index (Phi) is 5.98. The number of fused-ring (bicyclic) bond motifs is 2. The van der Waals surface area contributed by atoms with Crippen LogP contribution in [0.25, 0.3) is 11.0 Å². The normalized spacial score (nSPS) is 29.6. The molecule has 3 saturated heterocycles. The molecule has 11 nitrogen and oxygen atoms in total. The molecule has 1 aromatic heterocycles. The van der Waals surface area contributed by atoms with Gasteiger partial charge in [0.25, 0.3) is 0 Å². The average Bonchev–Trinajstić information content (AvgIpc) is 3.57.